The number of carbonyl (C=O) groups excluding carboxylic acids is 1. The first-order valence-electron chi connectivity index (χ1n) is 5.57. The molecular formula is C10H17NO3S. The summed E-state index contributed by atoms with van der Waals surface area (Å²) in [6.45, 7) is 0. The number of sulfonamides is 1. The molecule has 0 bridgehead atoms. The fourth-order valence-corrected chi connectivity index (χ4v) is 3.75. The number of carbonyl (C=O) groups is 1. The third-order valence-corrected chi connectivity index (χ3v) is 4.64. The molecule has 4 nitrogen and oxygen atoms in total. The van der Waals surface area contributed by atoms with E-state index in [1.807, 2.05) is 0 Å². The van der Waals surface area contributed by atoms with Gasteiger partial charge in [-0.3, -0.25) is 4.79 Å². The van der Waals surface area contributed by atoms with Gasteiger partial charge in [-0.15, -0.1) is 0 Å². The third-order valence-electron chi connectivity index (χ3n) is 3.04. The second-order valence-corrected chi connectivity index (χ2v) is 6.45. The van der Waals surface area contributed by atoms with Gasteiger partial charge < -0.3 is 0 Å². The highest BCUT2D eigenvalue weighted by molar-refractivity contribution is 7.89. The normalized spacial score (nSPS) is 24.4. The zero-order valence-electron chi connectivity index (χ0n) is 8.74. The molecule has 2 fully saturated rings. The van der Waals surface area contributed by atoms with Crippen molar-refractivity contribution in [1.82, 2.24) is 4.72 Å². The van der Waals surface area contributed by atoms with Gasteiger partial charge in [-0.05, 0) is 31.6 Å². The first kappa shape index (κ1) is 11.1. The highest BCUT2D eigenvalue weighted by Crippen LogP contribution is 2.30. The molecule has 2 saturated carbocycles. The number of hydrogen-bond donors (Lipinski definition) is 1. The van der Waals surface area contributed by atoms with Crippen LogP contribution in [-0.2, 0) is 14.8 Å². The first-order valence-corrected chi connectivity index (χ1v) is 7.22. The summed E-state index contributed by atoms with van der Waals surface area (Å²) in [5.74, 6) is 0.914. The van der Waals surface area contributed by atoms with Gasteiger partial charge in [-0.25, -0.2) is 13.1 Å². The summed E-state index contributed by atoms with van der Waals surface area (Å²) >= 11 is 0. The van der Waals surface area contributed by atoms with Crippen molar-refractivity contribution in [3.63, 3.8) is 0 Å². The molecule has 0 aromatic carbocycles. The van der Waals surface area contributed by atoms with Crippen molar-refractivity contribution in [3.8, 4) is 0 Å². The fraction of sp³-hybridized carbons (Fsp3) is 0.900. The summed E-state index contributed by atoms with van der Waals surface area (Å²) in [5, 5.41) is 0. The Morgan fingerprint density at radius 1 is 1.13 bits per heavy atom. The average Bonchev–Trinajstić information content (AvgIpc) is 2.91. The topological polar surface area (TPSA) is 63.2 Å². The van der Waals surface area contributed by atoms with Crippen molar-refractivity contribution in [2.24, 2.45) is 5.92 Å². The van der Waals surface area contributed by atoms with E-state index >= 15 is 0 Å². The maximum atomic E-state index is 11.6. The summed E-state index contributed by atoms with van der Waals surface area (Å²) < 4.78 is 26.0. The summed E-state index contributed by atoms with van der Waals surface area (Å²) in [7, 11) is -3.10. The third kappa shape index (κ3) is 3.57. The molecule has 0 aromatic rings. The lowest BCUT2D eigenvalue weighted by molar-refractivity contribution is -0.120. The van der Waals surface area contributed by atoms with Crippen LogP contribution in [0.3, 0.4) is 0 Å². The van der Waals surface area contributed by atoms with Gasteiger partial charge in [0.15, 0.2) is 0 Å². The minimum Gasteiger partial charge on any atom is -0.300 e. The molecule has 0 unspecified atom stereocenters. The van der Waals surface area contributed by atoms with Gasteiger partial charge in [-0.1, -0.05) is 0 Å². The molecule has 0 saturated heterocycles. The van der Waals surface area contributed by atoms with E-state index in [0.717, 1.165) is 12.8 Å². The van der Waals surface area contributed by atoms with Crippen molar-refractivity contribution in [1.29, 1.82) is 0 Å². The minimum absolute atomic E-state index is 0.00792. The molecule has 2 aliphatic rings. The van der Waals surface area contributed by atoms with E-state index in [-0.39, 0.29) is 17.6 Å². The Balaban J connectivity index is 1.82. The lowest BCUT2D eigenvalue weighted by Crippen LogP contribution is -2.39. The van der Waals surface area contributed by atoms with Crippen LogP contribution in [0.2, 0.25) is 0 Å². The standard InChI is InChI=1S/C10H17NO3S/c12-10-5-3-9(4-6-10)11-15(13,14)7-8-1-2-8/h8-9,11H,1-7H2. The molecule has 0 amide bonds. The van der Waals surface area contributed by atoms with Gasteiger partial charge in [0.1, 0.15) is 5.78 Å². The molecule has 0 radical (unpaired) electrons. The highest BCUT2D eigenvalue weighted by Gasteiger charge is 2.30. The molecule has 1 N–H and O–H groups in total. The summed E-state index contributed by atoms with van der Waals surface area (Å²) in [6, 6.07) is -0.00792. The monoisotopic (exact) mass is 231 g/mol. The van der Waals surface area contributed by atoms with Gasteiger partial charge in [0.25, 0.3) is 0 Å². The lowest BCUT2D eigenvalue weighted by Gasteiger charge is -2.21. The maximum Gasteiger partial charge on any atom is 0.212 e. The van der Waals surface area contributed by atoms with Crippen molar-refractivity contribution in [2.45, 2.75) is 44.6 Å². The first-order chi connectivity index (χ1) is 7.05. The van der Waals surface area contributed by atoms with Crippen LogP contribution in [0.5, 0.6) is 0 Å². The molecular weight excluding hydrogens is 214 g/mol. The molecule has 2 aliphatic carbocycles. The SMILES string of the molecule is O=C1CCC(NS(=O)(=O)CC2CC2)CC1. The van der Waals surface area contributed by atoms with Crippen LogP contribution in [0.1, 0.15) is 38.5 Å². The van der Waals surface area contributed by atoms with Crippen molar-refractivity contribution >= 4 is 15.8 Å². The van der Waals surface area contributed by atoms with Crippen LogP contribution in [0.4, 0.5) is 0 Å². The number of nitrogens with one attached hydrogen (secondary N) is 1. The predicted molar refractivity (Wildman–Crippen MR) is 56.9 cm³/mol. The summed E-state index contributed by atoms with van der Waals surface area (Å²) in [4.78, 5) is 11.0. The lowest BCUT2D eigenvalue weighted by atomic mass is 9.95. The fourth-order valence-electron chi connectivity index (χ4n) is 1.95. The Morgan fingerprint density at radius 2 is 1.73 bits per heavy atom. The Morgan fingerprint density at radius 3 is 2.27 bits per heavy atom. The van der Waals surface area contributed by atoms with E-state index in [9.17, 15) is 13.2 Å². The highest BCUT2D eigenvalue weighted by atomic mass is 32.2. The Hall–Kier alpha value is -0.420. The zero-order chi connectivity index (χ0) is 10.9. The molecule has 0 aromatic heterocycles. The predicted octanol–water partition coefficient (Wildman–Crippen LogP) is 0.827. The van der Waals surface area contributed by atoms with Crippen LogP contribution in [-0.4, -0.2) is 26.0 Å². The second-order valence-electron chi connectivity index (χ2n) is 4.66. The van der Waals surface area contributed by atoms with E-state index in [1.54, 1.807) is 0 Å². The smallest absolute Gasteiger partial charge is 0.212 e. The molecule has 0 heterocycles. The van der Waals surface area contributed by atoms with Crippen LogP contribution >= 0.6 is 0 Å². The second kappa shape index (κ2) is 4.22. The van der Waals surface area contributed by atoms with Crippen LogP contribution in [0.25, 0.3) is 0 Å². The quantitative estimate of drug-likeness (QED) is 0.779. The molecule has 0 atom stereocenters. The van der Waals surface area contributed by atoms with Crippen LogP contribution < -0.4 is 4.72 Å². The Bertz CT molecular complexity index is 336. The Labute approximate surface area is 90.5 Å². The van der Waals surface area contributed by atoms with Gasteiger partial charge in [-0.2, -0.15) is 0 Å². The number of rotatable bonds is 4. The number of ketones is 1. The van der Waals surface area contributed by atoms with Crippen molar-refractivity contribution in [3.05, 3.63) is 0 Å². The van der Waals surface area contributed by atoms with Crippen LogP contribution in [0, 0.1) is 5.92 Å². The van der Waals surface area contributed by atoms with Crippen molar-refractivity contribution in [2.75, 3.05) is 5.75 Å². The van der Waals surface area contributed by atoms with E-state index in [4.69, 9.17) is 0 Å². The van der Waals surface area contributed by atoms with E-state index in [1.165, 1.54) is 0 Å². The number of Topliss-reactive ketones (excluding diaryl/α,β-unsaturated/α-hetero) is 1. The molecule has 15 heavy (non-hydrogen) atoms. The Kier molecular flexibility index (Phi) is 3.11. The van der Waals surface area contributed by atoms with Gasteiger partial charge in [0.2, 0.25) is 10.0 Å². The molecule has 2 rings (SSSR count). The van der Waals surface area contributed by atoms with E-state index < -0.39 is 10.0 Å². The van der Waals surface area contributed by atoms with E-state index in [2.05, 4.69) is 4.72 Å². The molecule has 0 aliphatic heterocycles. The van der Waals surface area contributed by atoms with Crippen LogP contribution in [0.15, 0.2) is 0 Å². The van der Waals surface area contributed by atoms with Crippen molar-refractivity contribution < 1.29 is 13.2 Å². The number of hydrogen-bond acceptors (Lipinski definition) is 3. The minimum atomic E-state index is -3.10. The van der Waals surface area contributed by atoms with Gasteiger partial charge in [0.05, 0.1) is 5.75 Å². The largest absolute Gasteiger partial charge is 0.300 e. The zero-order valence-corrected chi connectivity index (χ0v) is 9.55. The average molecular weight is 231 g/mol. The summed E-state index contributed by atoms with van der Waals surface area (Å²) in [6.07, 6.45) is 4.48. The van der Waals surface area contributed by atoms with E-state index in [0.29, 0.717) is 31.6 Å². The van der Waals surface area contributed by atoms with Gasteiger partial charge >= 0.3 is 0 Å². The molecule has 86 valence electrons. The summed E-state index contributed by atoms with van der Waals surface area (Å²) in [5.41, 5.74) is 0. The molecule has 5 heteroatoms. The maximum absolute atomic E-state index is 11.6. The van der Waals surface area contributed by atoms with Gasteiger partial charge in [0, 0.05) is 18.9 Å². The molecule has 0 spiro atoms.